The van der Waals surface area contributed by atoms with Gasteiger partial charge in [-0.15, -0.1) is 0 Å². The maximum atomic E-state index is 3.61. The van der Waals surface area contributed by atoms with Crippen LogP contribution in [0.4, 0.5) is 11.5 Å². The molecule has 0 spiro atoms. The quantitative estimate of drug-likeness (QED) is 0.258. The first-order valence-electron chi connectivity index (χ1n) is 12.8. The first kappa shape index (κ1) is 24.4. The van der Waals surface area contributed by atoms with E-state index in [4.69, 9.17) is 0 Å². The molecule has 2 heterocycles. The Kier molecular flexibility index (Phi) is 7.59. The molecule has 1 aliphatic heterocycles. The molecule has 4 aromatic rings. The van der Waals surface area contributed by atoms with E-state index < -0.39 is 0 Å². The van der Waals surface area contributed by atoms with Crippen LogP contribution < -0.4 is 14.8 Å². The van der Waals surface area contributed by atoms with Crippen molar-refractivity contribution >= 4 is 40.2 Å². The molecule has 184 valence electrons. The van der Waals surface area contributed by atoms with Crippen LogP contribution in [0.15, 0.2) is 94.9 Å². The Hall–Kier alpha value is -3.28. The van der Waals surface area contributed by atoms with Gasteiger partial charge in [0, 0.05) is 22.9 Å². The number of rotatable bonds is 9. The fourth-order valence-corrected chi connectivity index (χ4v) is 5.81. The average molecular weight is 496 g/mol. The fourth-order valence-electron chi connectivity index (χ4n) is 4.85. The van der Waals surface area contributed by atoms with Crippen molar-refractivity contribution in [2.45, 2.75) is 24.7 Å². The van der Waals surface area contributed by atoms with Crippen LogP contribution in [0, 0.1) is 0 Å². The molecule has 0 radical (unpaired) electrons. The summed E-state index contributed by atoms with van der Waals surface area (Å²) in [7, 11) is 4.30. The Bertz CT molecular complexity index is 1340. The molecule has 36 heavy (non-hydrogen) atoms. The summed E-state index contributed by atoms with van der Waals surface area (Å²) in [5.41, 5.74) is 4.84. The second-order valence-electron chi connectivity index (χ2n) is 9.52. The topological polar surface area (TPSA) is 22.4 Å². The minimum Gasteiger partial charge on any atom is -0.349 e. The van der Waals surface area contributed by atoms with Crippen LogP contribution in [0.1, 0.15) is 25.3 Å². The van der Waals surface area contributed by atoms with Crippen LogP contribution >= 0.6 is 11.8 Å². The predicted octanol–water partition coefficient (Wildman–Crippen LogP) is 6.80. The van der Waals surface area contributed by atoms with Gasteiger partial charge < -0.3 is 10.2 Å². The van der Waals surface area contributed by atoms with Crippen molar-refractivity contribution in [3.8, 4) is 5.69 Å². The second-order valence-corrected chi connectivity index (χ2v) is 10.6. The number of thioether (sulfide) groups is 1. The molecular formula is C31H35N4S+. The minimum absolute atomic E-state index is 1.02. The van der Waals surface area contributed by atoms with Gasteiger partial charge in [-0.2, -0.15) is 4.57 Å². The van der Waals surface area contributed by atoms with Crippen molar-refractivity contribution in [1.82, 2.24) is 4.90 Å². The minimum atomic E-state index is 1.02. The lowest BCUT2D eigenvalue weighted by Crippen LogP contribution is -2.42. The van der Waals surface area contributed by atoms with E-state index in [9.17, 15) is 0 Å². The van der Waals surface area contributed by atoms with E-state index in [-0.39, 0.29) is 0 Å². The second kappa shape index (κ2) is 11.2. The van der Waals surface area contributed by atoms with Crippen LogP contribution in [0.5, 0.6) is 0 Å². The smallest absolute Gasteiger partial charge is 0.282 e. The van der Waals surface area contributed by atoms with Gasteiger partial charge in [-0.05, 0) is 68.9 Å². The van der Waals surface area contributed by atoms with Gasteiger partial charge in [0.1, 0.15) is 11.2 Å². The Morgan fingerprint density at radius 1 is 0.861 bits per heavy atom. The van der Waals surface area contributed by atoms with Crippen LogP contribution in [0.3, 0.4) is 0 Å². The van der Waals surface area contributed by atoms with E-state index >= 15 is 0 Å². The van der Waals surface area contributed by atoms with E-state index in [1.54, 1.807) is 11.8 Å². The third-order valence-corrected chi connectivity index (χ3v) is 7.50. The van der Waals surface area contributed by atoms with E-state index in [0.717, 1.165) is 32.5 Å². The highest BCUT2D eigenvalue weighted by molar-refractivity contribution is 8.03. The summed E-state index contributed by atoms with van der Waals surface area (Å²) in [6, 6.07) is 30.5. The van der Waals surface area contributed by atoms with Gasteiger partial charge in [0.15, 0.2) is 0 Å². The molecular weight excluding hydrogens is 460 g/mol. The summed E-state index contributed by atoms with van der Waals surface area (Å²) in [6.07, 6.45) is 4.54. The number of pyridine rings is 1. The van der Waals surface area contributed by atoms with Gasteiger partial charge in [-0.1, -0.05) is 67.2 Å². The number of nitrogens with zero attached hydrogens (tertiary/aromatic N) is 3. The fraction of sp³-hybridized carbons (Fsp3) is 0.258. The molecule has 0 amide bonds. The lowest BCUT2D eigenvalue weighted by molar-refractivity contribution is -0.553. The van der Waals surface area contributed by atoms with E-state index in [1.807, 2.05) is 0 Å². The third kappa shape index (κ3) is 5.28. The monoisotopic (exact) mass is 495 g/mol. The molecule has 0 aliphatic carbocycles. The standard InChI is InChI=1S/C31H34N4S/c1-4-19-34(21-12-20-33(2)3)31-23-24(22-30-32-27-16-9-11-18-29(27)36-30)26-15-8-10-17-28(26)35(31)25-13-6-5-7-14-25/h5-11,13-18,22-23H,4,12,19-21H2,1-3H3/p+1. The lowest BCUT2D eigenvalue weighted by Gasteiger charge is -2.22. The highest BCUT2D eigenvalue weighted by atomic mass is 32.2. The maximum Gasteiger partial charge on any atom is 0.282 e. The highest BCUT2D eigenvalue weighted by Gasteiger charge is 2.25. The Morgan fingerprint density at radius 2 is 1.61 bits per heavy atom. The molecule has 0 fully saturated rings. The molecule has 5 rings (SSSR count). The van der Waals surface area contributed by atoms with E-state index in [0.29, 0.717) is 0 Å². The van der Waals surface area contributed by atoms with Gasteiger partial charge in [0.2, 0.25) is 0 Å². The summed E-state index contributed by atoms with van der Waals surface area (Å²) in [6.45, 7) is 5.39. The van der Waals surface area contributed by atoms with Crippen LogP contribution in [-0.2, 0) is 0 Å². The molecule has 3 aromatic carbocycles. The molecule has 4 nitrogen and oxygen atoms in total. The zero-order valence-corrected chi connectivity index (χ0v) is 22.3. The Balaban J connectivity index is 1.66. The van der Waals surface area contributed by atoms with Crippen LogP contribution in [-0.4, -0.2) is 38.6 Å². The van der Waals surface area contributed by atoms with Crippen molar-refractivity contribution in [2.24, 2.45) is 0 Å². The van der Waals surface area contributed by atoms with Crippen LogP contribution in [0.2, 0.25) is 0 Å². The summed E-state index contributed by atoms with van der Waals surface area (Å²) < 4.78 is 2.44. The van der Waals surface area contributed by atoms with E-state index in [2.05, 4.69) is 132 Å². The Labute approximate surface area is 219 Å². The molecule has 0 bridgehead atoms. The molecule has 1 N–H and O–H groups in total. The van der Waals surface area contributed by atoms with Crippen molar-refractivity contribution in [3.63, 3.8) is 0 Å². The van der Waals surface area contributed by atoms with Gasteiger partial charge in [0.05, 0.1) is 23.8 Å². The molecule has 5 heteroatoms. The first-order valence-corrected chi connectivity index (χ1v) is 13.6. The molecule has 0 unspecified atom stereocenters. The van der Waals surface area contributed by atoms with Crippen molar-refractivity contribution in [1.29, 1.82) is 0 Å². The normalized spacial score (nSPS) is 13.8. The number of fused-ring (bicyclic) bond motifs is 2. The number of hydrogen-bond donors (Lipinski definition) is 1. The van der Waals surface area contributed by atoms with Gasteiger partial charge in [-0.3, -0.25) is 4.90 Å². The molecule has 0 saturated carbocycles. The number of para-hydroxylation sites is 3. The predicted molar refractivity (Wildman–Crippen MR) is 155 cm³/mol. The van der Waals surface area contributed by atoms with E-state index in [1.165, 1.54) is 43.6 Å². The first-order chi connectivity index (χ1) is 17.6. The highest BCUT2D eigenvalue weighted by Crippen LogP contribution is 2.42. The number of benzene rings is 3. The third-order valence-electron chi connectivity index (χ3n) is 6.49. The van der Waals surface area contributed by atoms with Crippen LogP contribution in [0.25, 0.3) is 22.7 Å². The largest absolute Gasteiger partial charge is 0.349 e. The SMILES string of the molecule is CCCN(CCCN(C)C)c1cc(/C=C2\Nc3ccccc3S2)c2ccccc2[n+]1-c1ccccc1. The Morgan fingerprint density at radius 3 is 2.39 bits per heavy atom. The number of hydrogen-bond acceptors (Lipinski definition) is 4. The van der Waals surface area contributed by atoms with Gasteiger partial charge >= 0.3 is 0 Å². The number of aromatic nitrogens is 1. The van der Waals surface area contributed by atoms with Gasteiger partial charge in [0.25, 0.3) is 5.82 Å². The zero-order valence-electron chi connectivity index (χ0n) is 21.4. The molecule has 0 saturated heterocycles. The number of anilines is 2. The summed E-state index contributed by atoms with van der Waals surface area (Å²) in [4.78, 5) is 6.11. The molecule has 1 aliphatic rings. The van der Waals surface area contributed by atoms with Crippen molar-refractivity contribution in [3.05, 3.63) is 95.5 Å². The summed E-state index contributed by atoms with van der Waals surface area (Å²) in [5, 5.41) is 6.03. The molecule has 0 atom stereocenters. The summed E-state index contributed by atoms with van der Waals surface area (Å²) in [5.74, 6) is 1.24. The van der Waals surface area contributed by atoms with Gasteiger partial charge in [-0.25, -0.2) is 0 Å². The van der Waals surface area contributed by atoms with Crippen molar-refractivity contribution in [2.75, 3.05) is 43.9 Å². The zero-order chi connectivity index (χ0) is 24.9. The average Bonchev–Trinajstić information content (AvgIpc) is 3.31. The number of nitrogens with one attached hydrogen (secondary N) is 1. The summed E-state index contributed by atoms with van der Waals surface area (Å²) >= 11 is 1.81. The maximum absolute atomic E-state index is 3.61. The lowest BCUT2D eigenvalue weighted by atomic mass is 10.1. The van der Waals surface area contributed by atoms with Crippen molar-refractivity contribution < 1.29 is 4.57 Å². The molecule has 1 aromatic heterocycles.